The molecule has 0 atom stereocenters. The number of hydrogen-bond donors (Lipinski definition) is 0. The maximum Gasteiger partial charge on any atom is 0.288 e. The summed E-state index contributed by atoms with van der Waals surface area (Å²) >= 11 is 2.39. The molecule has 0 bridgehead atoms. The summed E-state index contributed by atoms with van der Waals surface area (Å²) in [5, 5.41) is 2.40. The third kappa shape index (κ3) is 1.77. The van der Waals surface area contributed by atoms with Crippen LogP contribution in [0.4, 0.5) is 0 Å². The van der Waals surface area contributed by atoms with Crippen molar-refractivity contribution in [2.75, 3.05) is 0 Å². The van der Waals surface area contributed by atoms with Crippen LogP contribution in [-0.2, 0) is 3.93 Å². The van der Waals surface area contributed by atoms with Crippen LogP contribution in [0.3, 0.4) is 0 Å². The zero-order valence-electron chi connectivity index (χ0n) is 1.73. The Morgan fingerprint density at radius 1 is 2.00 bits per heavy atom. The highest BCUT2D eigenvalue weighted by atomic mass is 79.9. The van der Waals surface area contributed by atoms with Crippen LogP contribution >= 0.6 is 16.3 Å². The van der Waals surface area contributed by atoms with Crippen molar-refractivity contribution in [2.24, 2.45) is 0 Å². The van der Waals surface area contributed by atoms with E-state index in [0.29, 0.717) is 0 Å². The molecule has 0 aliphatic carbocycles. The highest BCUT2D eigenvalue weighted by Crippen LogP contribution is 1.78. The maximum atomic E-state index is 5.81. The van der Waals surface area contributed by atoms with Crippen LogP contribution in [0, 0.1) is 6.57 Å². The zero-order chi connectivity index (χ0) is 3.41. The number of halogens is 1. The molecule has 0 rings (SSSR count). The summed E-state index contributed by atoms with van der Waals surface area (Å²) in [7, 11) is 0. The van der Waals surface area contributed by atoms with Crippen LogP contribution in [0.15, 0.2) is 0 Å². The second-order valence-electron chi connectivity index (χ2n) is 0.160. The van der Waals surface area contributed by atoms with E-state index in [1.807, 2.05) is 0 Å². The van der Waals surface area contributed by atoms with E-state index >= 15 is 0 Å². The summed E-state index contributed by atoms with van der Waals surface area (Å²) < 4.78 is 3.65. The van der Waals surface area contributed by atoms with Gasteiger partial charge in [-0.15, -0.1) is 3.93 Å². The molecule has 0 aromatic heterocycles. The van der Waals surface area contributed by atoms with Crippen LogP contribution in [0.1, 0.15) is 0 Å². The lowest BCUT2D eigenvalue weighted by atomic mass is 11.8. The summed E-state index contributed by atoms with van der Waals surface area (Å²) in [6.07, 6.45) is 0. The molecule has 0 radical (unpaired) electrons. The van der Waals surface area contributed by atoms with E-state index in [9.17, 15) is 0 Å². The van der Waals surface area contributed by atoms with Crippen molar-refractivity contribution < 1.29 is 3.93 Å². The van der Waals surface area contributed by atoms with E-state index in [0.717, 1.165) is 0 Å². The topological polar surface area (TPSA) is 13.6 Å². The van der Waals surface area contributed by atoms with Gasteiger partial charge in [0.05, 0.1) is 0 Å². The third-order valence-corrected chi connectivity index (χ3v) is 0.179. The summed E-state index contributed by atoms with van der Waals surface area (Å²) in [6.45, 7) is 5.81. The largest absolute Gasteiger partial charge is 0.288 e. The Labute approximate surface area is 32.6 Å². The first-order valence-electron chi connectivity index (χ1n) is 0.560. The van der Waals surface area contributed by atoms with E-state index in [1.54, 1.807) is 0 Å². The fraction of sp³-hybridized carbons (Fsp3) is 0. The standard InChI is InChI=1S/CBrNO/c1-3-4-2. The van der Waals surface area contributed by atoms with Gasteiger partial charge >= 0.3 is 0 Å². The summed E-state index contributed by atoms with van der Waals surface area (Å²) in [6, 6.07) is 0. The van der Waals surface area contributed by atoms with Gasteiger partial charge in [0.2, 0.25) is 0 Å². The Balaban J connectivity index is 2.43. The molecule has 0 fully saturated rings. The molecule has 0 unspecified atom stereocenters. The van der Waals surface area contributed by atoms with Crippen LogP contribution in [0.25, 0.3) is 5.01 Å². The predicted molar refractivity (Wildman–Crippen MR) is 16.6 cm³/mol. The van der Waals surface area contributed by atoms with Crippen LogP contribution < -0.4 is 0 Å². The molecule has 0 saturated heterocycles. The van der Waals surface area contributed by atoms with Gasteiger partial charge in [0.15, 0.2) is 0 Å². The molecule has 3 heteroatoms. The lowest BCUT2D eigenvalue weighted by Crippen LogP contribution is -1.29. The molecule has 0 aromatic carbocycles. The first-order chi connectivity index (χ1) is 1.91. The summed E-state index contributed by atoms with van der Waals surface area (Å²) in [5.41, 5.74) is 0. The third-order valence-electron chi connectivity index (χ3n) is 0.0345. The Hall–Kier alpha value is -0.230. The van der Waals surface area contributed by atoms with E-state index in [1.165, 1.54) is 0 Å². The van der Waals surface area contributed by atoms with Gasteiger partial charge in [-0.25, -0.2) is 0 Å². The number of nitrogens with zero attached hydrogens (tertiary/aromatic N) is 1. The quantitative estimate of drug-likeness (QED) is 0.347. The van der Waals surface area contributed by atoms with Gasteiger partial charge in [0.1, 0.15) is 0 Å². The molecule has 0 saturated carbocycles. The first-order valence-corrected chi connectivity index (χ1v) is 1.21. The molecule has 0 amide bonds. The van der Waals surface area contributed by atoms with Crippen molar-refractivity contribution in [2.45, 2.75) is 0 Å². The smallest absolute Gasteiger partial charge is 0.150 e. The molecular formula is CBrNO. The number of rotatable bonds is 0. The summed E-state index contributed by atoms with van der Waals surface area (Å²) in [5.74, 6) is 0. The van der Waals surface area contributed by atoms with E-state index < -0.39 is 0 Å². The molecule has 0 aromatic rings. The van der Waals surface area contributed by atoms with Crippen molar-refractivity contribution in [3.05, 3.63) is 11.6 Å². The van der Waals surface area contributed by atoms with Crippen molar-refractivity contribution in [1.82, 2.24) is 0 Å². The molecule has 0 aliphatic rings. The highest BCUT2D eigenvalue weighted by Gasteiger charge is 1.49. The van der Waals surface area contributed by atoms with E-state index in [-0.39, 0.29) is 0 Å². The van der Waals surface area contributed by atoms with Gasteiger partial charge in [0.25, 0.3) is 16.3 Å². The predicted octanol–water partition coefficient (Wildman–Crippen LogP) is 1.15. The molecular weight excluding hydrogens is 122 g/mol. The fourth-order valence-electron chi connectivity index (χ4n) is 0. The SMILES string of the molecule is [C-]#[N+]OBr. The van der Waals surface area contributed by atoms with Gasteiger partial charge in [0, 0.05) is 0 Å². The molecule has 0 heterocycles. The van der Waals surface area contributed by atoms with Crippen LogP contribution in [-0.4, -0.2) is 0 Å². The molecule has 22 valence electrons. The van der Waals surface area contributed by atoms with Gasteiger partial charge in [-0.2, -0.15) is 6.57 Å². The Bertz CT molecular complexity index is 37.8. The average molecular weight is 122 g/mol. The lowest BCUT2D eigenvalue weighted by Gasteiger charge is -1.49. The van der Waals surface area contributed by atoms with Crippen LogP contribution in [0.5, 0.6) is 0 Å². The Morgan fingerprint density at radius 2 is 2.25 bits per heavy atom. The number of hydrogen-bond acceptors (Lipinski definition) is 1. The van der Waals surface area contributed by atoms with E-state index in [2.05, 4.69) is 25.2 Å². The molecule has 0 N–H and O–H groups in total. The van der Waals surface area contributed by atoms with Gasteiger partial charge < -0.3 is 0 Å². The second kappa shape index (κ2) is 2.77. The molecule has 4 heavy (non-hydrogen) atoms. The molecule has 0 aliphatic heterocycles. The van der Waals surface area contributed by atoms with Crippen molar-refractivity contribution in [1.29, 1.82) is 0 Å². The Kier molecular flexibility index (Phi) is 2.61. The minimum atomic E-state index is 2.39. The van der Waals surface area contributed by atoms with Crippen molar-refractivity contribution >= 4 is 16.3 Å². The maximum absolute atomic E-state index is 5.81. The van der Waals surface area contributed by atoms with E-state index in [4.69, 9.17) is 6.57 Å². The minimum absolute atomic E-state index is 2.39. The average Bonchev–Trinajstić information content (AvgIpc) is 1.37. The highest BCUT2D eigenvalue weighted by molar-refractivity contribution is 9.06. The molecule has 2 nitrogen and oxygen atoms in total. The van der Waals surface area contributed by atoms with Crippen molar-refractivity contribution in [3.63, 3.8) is 0 Å². The monoisotopic (exact) mass is 121 g/mol. The first kappa shape index (κ1) is 3.77. The van der Waals surface area contributed by atoms with Gasteiger partial charge in [-0.05, 0) is 5.01 Å². The van der Waals surface area contributed by atoms with Crippen LogP contribution in [0.2, 0.25) is 0 Å². The summed E-state index contributed by atoms with van der Waals surface area (Å²) in [4.78, 5) is 0. The second-order valence-corrected chi connectivity index (χ2v) is 0.450. The molecule has 0 spiro atoms. The Morgan fingerprint density at radius 3 is 2.25 bits per heavy atom. The van der Waals surface area contributed by atoms with Gasteiger partial charge in [-0.1, -0.05) is 0 Å². The normalized spacial score (nSPS) is 4.00. The van der Waals surface area contributed by atoms with Crippen molar-refractivity contribution in [3.8, 4) is 0 Å². The van der Waals surface area contributed by atoms with Gasteiger partial charge in [-0.3, -0.25) is 0 Å². The zero-order valence-corrected chi connectivity index (χ0v) is 3.32. The minimum Gasteiger partial charge on any atom is -0.150 e. The lowest BCUT2D eigenvalue weighted by molar-refractivity contribution is 0.587. The fourth-order valence-corrected chi connectivity index (χ4v) is 0.